The zero-order valence-electron chi connectivity index (χ0n) is 12.9. The molecule has 0 spiro atoms. The van der Waals surface area contributed by atoms with Gasteiger partial charge in [-0.05, 0) is 31.7 Å². The van der Waals surface area contributed by atoms with Crippen LogP contribution in [0.2, 0.25) is 0 Å². The minimum Gasteiger partial charge on any atom is -0.385 e. The van der Waals surface area contributed by atoms with E-state index in [2.05, 4.69) is 46.3 Å². The Morgan fingerprint density at radius 3 is 2.57 bits per heavy atom. The number of anilines is 1. The molecule has 3 N–H and O–H groups in total. The van der Waals surface area contributed by atoms with Gasteiger partial charge in [0.25, 0.3) is 0 Å². The van der Waals surface area contributed by atoms with Crippen LogP contribution in [0.5, 0.6) is 0 Å². The van der Waals surface area contributed by atoms with Gasteiger partial charge in [-0.1, -0.05) is 18.2 Å². The van der Waals surface area contributed by atoms with Gasteiger partial charge in [0.2, 0.25) is 0 Å². The van der Waals surface area contributed by atoms with Crippen molar-refractivity contribution in [2.45, 2.75) is 13.3 Å². The Morgan fingerprint density at radius 1 is 1.14 bits per heavy atom. The summed E-state index contributed by atoms with van der Waals surface area (Å²) >= 11 is 1.84. The second-order valence-corrected chi connectivity index (χ2v) is 5.31. The molecule has 6 heteroatoms. The molecule has 0 aliphatic heterocycles. The maximum absolute atomic E-state index is 4.56. The number of thioether (sulfide) groups is 1. The van der Waals surface area contributed by atoms with Crippen molar-refractivity contribution < 1.29 is 0 Å². The third kappa shape index (κ3) is 10.7. The molecular weight excluding hydrogens is 395 g/mol. The molecule has 21 heavy (non-hydrogen) atoms. The largest absolute Gasteiger partial charge is 0.385 e. The Morgan fingerprint density at radius 2 is 1.90 bits per heavy atom. The van der Waals surface area contributed by atoms with Crippen molar-refractivity contribution in [1.29, 1.82) is 0 Å². The van der Waals surface area contributed by atoms with Crippen LogP contribution >= 0.6 is 35.7 Å². The van der Waals surface area contributed by atoms with Crippen LogP contribution in [0.25, 0.3) is 0 Å². The summed E-state index contributed by atoms with van der Waals surface area (Å²) in [6, 6.07) is 10.3. The highest BCUT2D eigenvalue weighted by Gasteiger charge is 1.95. The number of benzene rings is 1. The maximum Gasteiger partial charge on any atom is 0.191 e. The van der Waals surface area contributed by atoms with E-state index in [1.807, 2.05) is 30.0 Å². The third-order valence-corrected chi connectivity index (χ3v) is 3.26. The first kappa shape index (κ1) is 20.4. The van der Waals surface area contributed by atoms with Crippen LogP contribution in [0, 0.1) is 0 Å². The van der Waals surface area contributed by atoms with Crippen molar-refractivity contribution in [2.75, 3.05) is 43.5 Å². The van der Waals surface area contributed by atoms with Gasteiger partial charge in [0.15, 0.2) is 5.96 Å². The van der Waals surface area contributed by atoms with E-state index in [0.29, 0.717) is 0 Å². The highest BCUT2D eigenvalue weighted by Crippen LogP contribution is 2.04. The Hall–Kier alpha value is -0.630. The number of halogens is 1. The summed E-state index contributed by atoms with van der Waals surface area (Å²) in [4.78, 5) is 4.56. The minimum atomic E-state index is 0. The molecule has 1 aromatic carbocycles. The number of hydrogen-bond donors (Lipinski definition) is 3. The molecule has 0 saturated carbocycles. The van der Waals surface area contributed by atoms with Crippen molar-refractivity contribution >= 4 is 47.4 Å². The average molecular weight is 422 g/mol. The smallest absolute Gasteiger partial charge is 0.191 e. The van der Waals surface area contributed by atoms with Crippen molar-refractivity contribution in [3.05, 3.63) is 30.3 Å². The van der Waals surface area contributed by atoms with Gasteiger partial charge >= 0.3 is 0 Å². The maximum atomic E-state index is 4.56. The lowest BCUT2D eigenvalue weighted by Gasteiger charge is -2.10. The molecule has 1 aromatic rings. The van der Waals surface area contributed by atoms with E-state index < -0.39 is 0 Å². The zero-order chi connectivity index (χ0) is 14.5. The molecule has 0 radical (unpaired) electrons. The molecule has 0 aromatic heterocycles. The summed E-state index contributed by atoms with van der Waals surface area (Å²) in [5.74, 6) is 2.02. The number of nitrogens with one attached hydrogen (secondary N) is 3. The highest BCUT2D eigenvalue weighted by molar-refractivity contribution is 14.0. The molecular formula is C15H27IN4S. The van der Waals surface area contributed by atoms with Crippen LogP contribution in [0.15, 0.2) is 35.3 Å². The lowest BCUT2D eigenvalue weighted by Crippen LogP contribution is -2.38. The van der Waals surface area contributed by atoms with Gasteiger partial charge in [0, 0.05) is 37.6 Å². The normalized spacial score (nSPS) is 10.7. The summed E-state index contributed by atoms with van der Waals surface area (Å²) in [6.45, 7) is 5.71. The van der Waals surface area contributed by atoms with Gasteiger partial charge in [0.1, 0.15) is 0 Å². The molecule has 1 rings (SSSR count). The molecule has 0 aliphatic carbocycles. The van der Waals surface area contributed by atoms with Gasteiger partial charge in [-0.3, -0.25) is 4.99 Å². The lowest BCUT2D eigenvalue weighted by molar-refractivity contribution is 0.816. The SMILES string of the molecule is CCNC(=NCCCNc1ccccc1)NCCSC.I. The Bertz CT molecular complexity index is 373. The average Bonchev–Trinajstić information content (AvgIpc) is 2.48. The second kappa shape index (κ2) is 14.3. The van der Waals surface area contributed by atoms with Gasteiger partial charge in [-0.25, -0.2) is 0 Å². The molecule has 0 heterocycles. The van der Waals surface area contributed by atoms with Crippen molar-refractivity contribution in [3.8, 4) is 0 Å². The predicted molar refractivity (Wildman–Crippen MR) is 107 cm³/mol. The quantitative estimate of drug-likeness (QED) is 0.248. The number of para-hydroxylation sites is 1. The van der Waals surface area contributed by atoms with Crippen LogP contribution in [-0.4, -0.2) is 44.1 Å². The summed E-state index contributed by atoms with van der Waals surface area (Å²) in [7, 11) is 0. The standard InChI is InChI=1S/C15H26N4S.HI/c1-3-16-15(19-12-13-20-2)18-11-7-10-17-14-8-5-4-6-9-14;/h4-6,8-9,17H,3,7,10-13H2,1-2H3,(H2,16,18,19);1H. The minimum absolute atomic E-state index is 0. The Balaban J connectivity index is 0.00000400. The number of hydrogen-bond acceptors (Lipinski definition) is 3. The predicted octanol–water partition coefficient (Wildman–Crippen LogP) is 3.02. The number of guanidine groups is 1. The monoisotopic (exact) mass is 422 g/mol. The topological polar surface area (TPSA) is 48.5 Å². The fourth-order valence-electron chi connectivity index (χ4n) is 1.67. The van der Waals surface area contributed by atoms with Crippen LogP contribution in [0.1, 0.15) is 13.3 Å². The first-order valence-corrected chi connectivity index (χ1v) is 8.56. The number of nitrogens with zero attached hydrogens (tertiary/aromatic N) is 1. The van der Waals surface area contributed by atoms with Crippen LogP contribution in [-0.2, 0) is 0 Å². The number of rotatable bonds is 9. The molecule has 0 unspecified atom stereocenters. The fourth-order valence-corrected chi connectivity index (χ4v) is 1.98. The Kier molecular flexibility index (Phi) is 13.9. The van der Waals surface area contributed by atoms with E-state index in [9.17, 15) is 0 Å². The van der Waals surface area contributed by atoms with E-state index in [1.165, 1.54) is 5.69 Å². The first-order valence-electron chi connectivity index (χ1n) is 7.17. The molecule has 4 nitrogen and oxygen atoms in total. The lowest BCUT2D eigenvalue weighted by atomic mass is 10.3. The Labute approximate surface area is 150 Å². The van der Waals surface area contributed by atoms with Gasteiger partial charge in [-0.15, -0.1) is 24.0 Å². The van der Waals surface area contributed by atoms with E-state index in [1.54, 1.807) is 0 Å². The zero-order valence-corrected chi connectivity index (χ0v) is 16.0. The summed E-state index contributed by atoms with van der Waals surface area (Å²) in [5.41, 5.74) is 1.17. The van der Waals surface area contributed by atoms with Crippen LogP contribution in [0.3, 0.4) is 0 Å². The van der Waals surface area contributed by atoms with Crippen LogP contribution in [0.4, 0.5) is 5.69 Å². The third-order valence-electron chi connectivity index (χ3n) is 2.65. The van der Waals surface area contributed by atoms with Crippen molar-refractivity contribution in [1.82, 2.24) is 10.6 Å². The van der Waals surface area contributed by atoms with Gasteiger partial charge < -0.3 is 16.0 Å². The summed E-state index contributed by atoms with van der Waals surface area (Å²) < 4.78 is 0. The van der Waals surface area contributed by atoms with Crippen LogP contribution < -0.4 is 16.0 Å². The molecule has 0 bridgehead atoms. The summed E-state index contributed by atoms with van der Waals surface area (Å²) in [6.07, 6.45) is 3.13. The van der Waals surface area contributed by atoms with E-state index in [4.69, 9.17) is 0 Å². The second-order valence-electron chi connectivity index (χ2n) is 4.33. The highest BCUT2D eigenvalue weighted by atomic mass is 127. The van der Waals surface area contributed by atoms with Gasteiger partial charge in [0.05, 0.1) is 0 Å². The number of aliphatic imine (C=N–C) groups is 1. The first-order chi connectivity index (χ1) is 9.86. The molecule has 0 aliphatic rings. The van der Waals surface area contributed by atoms with E-state index in [0.717, 1.165) is 44.3 Å². The van der Waals surface area contributed by atoms with Crippen molar-refractivity contribution in [3.63, 3.8) is 0 Å². The van der Waals surface area contributed by atoms with Gasteiger partial charge in [-0.2, -0.15) is 11.8 Å². The van der Waals surface area contributed by atoms with E-state index >= 15 is 0 Å². The molecule has 0 fully saturated rings. The fraction of sp³-hybridized carbons (Fsp3) is 0.533. The molecule has 0 atom stereocenters. The van der Waals surface area contributed by atoms with E-state index in [-0.39, 0.29) is 24.0 Å². The molecule has 0 amide bonds. The van der Waals surface area contributed by atoms with Crippen molar-refractivity contribution in [2.24, 2.45) is 4.99 Å². The molecule has 0 saturated heterocycles. The summed E-state index contributed by atoms with van der Waals surface area (Å²) in [5, 5.41) is 9.98. The molecule has 120 valence electrons.